The van der Waals surface area contributed by atoms with Crippen LogP contribution in [0.3, 0.4) is 0 Å². The maximum absolute atomic E-state index is 11.3. The highest BCUT2D eigenvalue weighted by molar-refractivity contribution is 9.09. The largest absolute Gasteiger partial charge is 0.383 e. The van der Waals surface area contributed by atoms with E-state index in [1.165, 1.54) is 20.5 Å². The zero-order valence-corrected chi connectivity index (χ0v) is 10.4. The number of sulfone groups is 1. The van der Waals surface area contributed by atoms with Gasteiger partial charge in [0.2, 0.25) is 0 Å². The van der Waals surface area contributed by atoms with Crippen molar-refractivity contribution in [1.82, 2.24) is 0 Å². The summed E-state index contributed by atoms with van der Waals surface area (Å²) in [5.41, 5.74) is 0. The first-order valence-electron chi connectivity index (χ1n) is 3.74. The van der Waals surface area contributed by atoms with E-state index in [0.717, 1.165) is 0 Å². The van der Waals surface area contributed by atoms with E-state index < -0.39 is 15.1 Å². The molecule has 0 aromatic carbocycles. The number of halogens is 1. The van der Waals surface area contributed by atoms with Crippen LogP contribution in [0.2, 0.25) is 0 Å². The van der Waals surface area contributed by atoms with Gasteiger partial charge < -0.3 is 9.47 Å². The van der Waals surface area contributed by atoms with E-state index >= 15 is 0 Å². The summed E-state index contributed by atoms with van der Waals surface area (Å²) in [5, 5.41) is -0.558. The zero-order chi connectivity index (χ0) is 10.5. The summed E-state index contributed by atoms with van der Waals surface area (Å²) in [5.74, 6) is 0. The van der Waals surface area contributed by atoms with Crippen molar-refractivity contribution < 1.29 is 17.9 Å². The van der Waals surface area contributed by atoms with E-state index in [9.17, 15) is 8.42 Å². The van der Waals surface area contributed by atoms with Crippen LogP contribution in [0, 0.1) is 0 Å². The molecule has 6 heteroatoms. The van der Waals surface area contributed by atoms with Crippen molar-refractivity contribution in [3.8, 4) is 0 Å². The van der Waals surface area contributed by atoms with Crippen molar-refractivity contribution in [2.45, 2.75) is 10.1 Å². The molecule has 0 aliphatic carbocycles. The molecule has 4 nitrogen and oxygen atoms in total. The average molecular weight is 275 g/mol. The van der Waals surface area contributed by atoms with Crippen LogP contribution in [0.25, 0.3) is 0 Å². The molecule has 0 saturated carbocycles. The fourth-order valence-corrected chi connectivity index (χ4v) is 3.52. The van der Waals surface area contributed by atoms with E-state index in [-0.39, 0.29) is 11.4 Å². The fraction of sp³-hybridized carbons (Fsp3) is 1.00. The fourth-order valence-electron chi connectivity index (χ4n) is 0.927. The molecule has 0 aliphatic rings. The monoisotopic (exact) mass is 274 g/mol. The molecule has 0 aliphatic heterocycles. The maximum Gasteiger partial charge on any atom is 0.153 e. The Kier molecular flexibility index (Phi) is 6.11. The highest BCUT2D eigenvalue weighted by Gasteiger charge is 2.28. The van der Waals surface area contributed by atoms with Crippen molar-refractivity contribution in [1.29, 1.82) is 0 Å². The quantitative estimate of drug-likeness (QED) is 0.661. The van der Waals surface area contributed by atoms with Gasteiger partial charge >= 0.3 is 0 Å². The van der Waals surface area contributed by atoms with Gasteiger partial charge in [-0.25, -0.2) is 8.42 Å². The number of rotatable bonds is 6. The average Bonchev–Trinajstić information content (AvgIpc) is 1.98. The molecule has 0 spiro atoms. The second-order valence-electron chi connectivity index (χ2n) is 2.79. The molecule has 0 N–H and O–H groups in total. The Morgan fingerprint density at radius 2 is 1.69 bits per heavy atom. The Morgan fingerprint density at radius 3 is 2.00 bits per heavy atom. The maximum atomic E-state index is 11.3. The molecule has 80 valence electrons. The summed E-state index contributed by atoms with van der Waals surface area (Å²) in [6.45, 7) is 0.527. The van der Waals surface area contributed by atoms with Crippen LogP contribution in [0.4, 0.5) is 0 Å². The van der Waals surface area contributed by atoms with E-state index in [0.29, 0.717) is 6.61 Å². The van der Waals surface area contributed by atoms with Gasteiger partial charge in [-0.3, -0.25) is 0 Å². The summed E-state index contributed by atoms with van der Waals surface area (Å²) < 4.78 is 32.2. The van der Waals surface area contributed by atoms with Crippen LogP contribution in [0.15, 0.2) is 0 Å². The van der Waals surface area contributed by atoms with Gasteiger partial charge in [0, 0.05) is 20.5 Å². The predicted molar refractivity (Wildman–Crippen MR) is 55.1 cm³/mol. The normalized spacial score (nSPS) is 16.9. The lowest BCUT2D eigenvalue weighted by atomic mass is 10.3. The van der Waals surface area contributed by atoms with Crippen molar-refractivity contribution in [3.63, 3.8) is 0 Å². The minimum Gasteiger partial charge on any atom is -0.383 e. The van der Waals surface area contributed by atoms with E-state index in [1.807, 2.05) is 0 Å². The molecule has 0 fully saturated rings. The van der Waals surface area contributed by atoms with Gasteiger partial charge in [0.05, 0.1) is 23.3 Å². The van der Waals surface area contributed by atoms with E-state index in [2.05, 4.69) is 15.9 Å². The first kappa shape index (κ1) is 13.4. The Hall–Kier alpha value is 0.350. The van der Waals surface area contributed by atoms with Crippen LogP contribution >= 0.6 is 15.9 Å². The van der Waals surface area contributed by atoms with E-state index in [1.54, 1.807) is 0 Å². The third-order valence-electron chi connectivity index (χ3n) is 1.61. The number of hydrogen-bond donors (Lipinski definition) is 0. The molecule has 0 radical (unpaired) electrons. The van der Waals surface area contributed by atoms with Crippen LogP contribution in [0.5, 0.6) is 0 Å². The van der Waals surface area contributed by atoms with Gasteiger partial charge in [-0.05, 0) is 0 Å². The molecule has 0 aromatic rings. The molecule has 2 atom stereocenters. The van der Waals surface area contributed by atoms with Crippen molar-refractivity contribution in [2.75, 3.05) is 33.7 Å². The molecule has 0 heterocycles. The zero-order valence-electron chi connectivity index (χ0n) is 7.99. The number of hydrogen-bond acceptors (Lipinski definition) is 4. The number of alkyl halides is 1. The molecule has 0 amide bonds. The van der Waals surface area contributed by atoms with Crippen molar-refractivity contribution >= 4 is 25.8 Å². The molecular weight excluding hydrogens is 260 g/mol. The predicted octanol–water partition coefficient (Wildman–Crippen LogP) is 0.456. The van der Waals surface area contributed by atoms with Gasteiger partial charge in [0.25, 0.3) is 0 Å². The molecule has 0 saturated heterocycles. The number of ether oxygens (including phenoxy) is 2. The second kappa shape index (κ2) is 5.95. The minimum atomic E-state index is -3.10. The van der Waals surface area contributed by atoms with Crippen molar-refractivity contribution in [2.24, 2.45) is 0 Å². The van der Waals surface area contributed by atoms with Gasteiger partial charge in [-0.2, -0.15) is 0 Å². The first-order chi connectivity index (χ1) is 5.93. The highest BCUT2D eigenvalue weighted by atomic mass is 79.9. The summed E-state index contributed by atoms with van der Waals surface area (Å²) in [7, 11) is -0.0953. The third-order valence-corrected chi connectivity index (χ3v) is 4.43. The second-order valence-corrected chi connectivity index (χ2v) is 6.24. The Labute approximate surface area is 87.6 Å². The summed E-state index contributed by atoms with van der Waals surface area (Å²) in [6.07, 6.45) is 1.20. The summed E-state index contributed by atoms with van der Waals surface area (Å²) in [4.78, 5) is -0.229. The van der Waals surface area contributed by atoms with Crippen LogP contribution in [-0.2, 0) is 19.3 Å². The standard InChI is InChI=1S/C7H15BrO4S/c1-11-4-6(8)7(5-12-2)13(3,9)10/h6-7H,4-5H2,1-3H3. The van der Waals surface area contributed by atoms with Gasteiger partial charge in [0.15, 0.2) is 9.84 Å². The SMILES string of the molecule is COCC(Br)C(COC)S(C)(=O)=O. The lowest BCUT2D eigenvalue weighted by molar-refractivity contribution is 0.167. The van der Waals surface area contributed by atoms with Gasteiger partial charge in [0.1, 0.15) is 0 Å². The Balaban J connectivity index is 4.42. The summed E-state index contributed by atoms with van der Waals surface area (Å²) >= 11 is 3.26. The smallest absolute Gasteiger partial charge is 0.153 e. The Bertz CT molecular complexity index is 227. The Morgan fingerprint density at radius 1 is 1.23 bits per heavy atom. The summed E-state index contributed by atoms with van der Waals surface area (Å²) in [6, 6.07) is 0. The lowest BCUT2D eigenvalue weighted by Crippen LogP contribution is -2.36. The van der Waals surface area contributed by atoms with Crippen LogP contribution < -0.4 is 0 Å². The van der Waals surface area contributed by atoms with E-state index in [4.69, 9.17) is 9.47 Å². The number of methoxy groups -OCH3 is 2. The van der Waals surface area contributed by atoms with Crippen LogP contribution in [-0.4, -0.2) is 52.2 Å². The molecular formula is C7H15BrO4S. The topological polar surface area (TPSA) is 52.6 Å². The van der Waals surface area contributed by atoms with Crippen molar-refractivity contribution in [3.05, 3.63) is 0 Å². The lowest BCUT2D eigenvalue weighted by Gasteiger charge is -2.19. The first-order valence-corrected chi connectivity index (χ1v) is 6.61. The molecule has 13 heavy (non-hydrogen) atoms. The molecule has 2 unspecified atom stereocenters. The van der Waals surface area contributed by atoms with Gasteiger partial charge in [-0.1, -0.05) is 15.9 Å². The molecule has 0 aromatic heterocycles. The molecule has 0 bridgehead atoms. The molecule has 0 rings (SSSR count). The highest BCUT2D eigenvalue weighted by Crippen LogP contribution is 2.14. The van der Waals surface area contributed by atoms with Crippen LogP contribution in [0.1, 0.15) is 0 Å². The third kappa shape index (κ3) is 4.95. The van der Waals surface area contributed by atoms with Gasteiger partial charge in [-0.15, -0.1) is 0 Å². The minimum absolute atomic E-state index is 0.179.